The molecule has 0 amide bonds. The van der Waals surface area contributed by atoms with Crippen LogP contribution in [0.15, 0.2) is 134 Å². The molecule has 0 unspecified atom stereocenters. The molecule has 4 aromatic carbocycles. The van der Waals surface area contributed by atoms with Crippen LogP contribution in [0.3, 0.4) is 0 Å². The quantitative estimate of drug-likeness (QED) is 0.124. The maximum absolute atomic E-state index is 9.75. The Hall–Kier alpha value is -4.65. The molecule has 1 N–H and O–H groups in total. The van der Waals surface area contributed by atoms with E-state index in [4.69, 9.17) is 0 Å². The van der Waals surface area contributed by atoms with Gasteiger partial charge in [0.2, 0.25) is 11.4 Å². The molecule has 200 valence electrons. The van der Waals surface area contributed by atoms with Crippen molar-refractivity contribution in [2.75, 3.05) is 0 Å². The van der Waals surface area contributed by atoms with E-state index in [1.807, 2.05) is 0 Å². The first-order chi connectivity index (χ1) is 19.4. The second kappa shape index (κ2) is 12.0. The van der Waals surface area contributed by atoms with Crippen molar-refractivity contribution in [1.82, 2.24) is 4.98 Å². The fourth-order valence-electron chi connectivity index (χ4n) is 4.93. The van der Waals surface area contributed by atoms with Crippen LogP contribution in [0.25, 0.3) is 44.5 Å². The van der Waals surface area contributed by atoms with Crippen molar-refractivity contribution in [3.63, 3.8) is 0 Å². The SMILES string of the molecule is F[B-](F)(F)F.c1ccc(-c2cc(-c3ccccc3)[n+](CCc3c[nH]c4ccccc34)c(-c3ccccc3)c2)cc1. The first kappa shape index (κ1) is 26.9. The Kier molecular flexibility index (Phi) is 8.11. The van der Waals surface area contributed by atoms with Gasteiger partial charge in [-0.2, -0.15) is 4.57 Å². The molecule has 0 aliphatic carbocycles. The molecule has 7 heteroatoms. The van der Waals surface area contributed by atoms with Gasteiger partial charge in [0.25, 0.3) is 0 Å². The Balaban J connectivity index is 0.000000595. The smallest absolute Gasteiger partial charge is 0.418 e. The maximum atomic E-state index is 9.75. The average Bonchev–Trinajstić information content (AvgIpc) is 3.39. The number of rotatable bonds is 6. The summed E-state index contributed by atoms with van der Waals surface area (Å²) in [6.45, 7) is 0.880. The number of hydrogen-bond acceptors (Lipinski definition) is 0. The van der Waals surface area contributed by atoms with Crippen molar-refractivity contribution >= 4 is 18.2 Å². The fraction of sp³-hybridized carbons (Fsp3) is 0.0606. The Morgan fingerprint density at radius 3 is 1.52 bits per heavy atom. The zero-order valence-electron chi connectivity index (χ0n) is 21.7. The fourth-order valence-corrected chi connectivity index (χ4v) is 4.93. The number of halogens is 4. The highest BCUT2D eigenvalue weighted by Gasteiger charge is 2.23. The predicted octanol–water partition coefficient (Wildman–Crippen LogP) is 9.00. The predicted molar refractivity (Wildman–Crippen MR) is 155 cm³/mol. The van der Waals surface area contributed by atoms with Gasteiger partial charge in [-0.15, -0.1) is 0 Å². The number of fused-ring (bicyclic) bond motifs is 1. The van der Waals surface area contributed by atoms with E-state index in [-0.39, 0.29) is 0 Å². The van der Waals surface area contributed by atoms with Crippen LogP contribution in [0.1, 0.15) is 5.56 Å². The molecule has 0 bridgehead atoms. The van der Waals surface area contributed by atoms with E-state index in [1.165, 1.54) is 50.1 Å². The lowest BCUT2D eigenvalue weighted by molar-refractivity contribution is -0.674. The molecule has 0 saturated carbocycles. The first-order valence-corrected chi connectivity index (χ1v) is 13.0. The average molecular weight is 538 g/mol. The maximum Gasteiger partial charge on any atom is 0.673 e. The minimum Gasteiger partial charge on any atom is -0.418 e. The molecular weight excluding hydrogens is 511 g/mol. The molecule has 6 aromatic rings. The highest BCUT2D eigenvalue weighted by atomic mass is 19.5. The van der Waals surface area contributed by atoms with Gasteiger partial charge in [0.15, 0.2) is 6.54 Å². The van der Waals surface area contributed by atoms with Crippen LogP contribution in [0.2, 0.25) is 0 Å². The Bertz CT molecular complexity index is 1620. The Labute approximate surface area is 230 Å². The van der Waals surface area contributed by atoms with Gasteiger partial charge >= 0.3 is 7.25 Å². The topological polar surface area (TPSA) is 19.7 Å². The number of H-pyrrole nitrogens is 1. The largest absolute Gasteiger partial charge is 0.673 e. The van der Waals surface area contributed by atoms with Crippen molar-refractivity contribution in [2.24, 2.45) is 0 Å². The van der Waals surface area contributed by atoms with E-state index >= 15 is 0 Å². The monoisotopic (exact) mass is 538 g/mol. The summed E-state index contributed by atoms with van der Waals surface area (Å²) in [6, 6.07) is 45.4. The van der Waals surface area contributed by atoms with E-state index in [2.05, 4.69) is 143 Å². The summed E-state index contributed by atoms with van der Waals surface area (Å²) in [7, 11) is -6.00. The lowest BCUT2D eigenvalue weighted by Gasteiger charge is -2.13. The molecule has 6 rings (SSSR count). The summed E-state index contributed by atoms with van der Waals surface area (Å²) in [5, 5.41) is 1.30. The normalized spacial score (nSPS) is 11.2. The molecule has 0 fully saturated rings. The lowest BCUT2D eigenvalue weighted by atomic mass is 9.98. The van der Waals surface area contributed by atoms with E-state index in [1.54, 1.807) is 0 Å². The molecule has 2 heterocycles. The minimum absolute atomic E-state index is 0.880. The Morgan fingerprint density at radius 1 is 0.550 bits per heavy atom. The summed E-state index contributed by atoms with van der Waals surface area (Å²) in [5.74, 6) is 0. The second-order valence-corrected chi connectivity index (χ2v) is 9.37. The third-order valence-corrected chi connectivity index (χ3v) is 6.69. The van der Waals surface area contributed by atoms with Gasteiger partial charge in [0.1, 0.15) is 0 Å². The highest BCUT2D eigenvalue weighted by Crippen LogP contribution is 2.29. The lowest BCUT2D eigenvalue weighted by Crippen LogP contribution is -2.40. The van der Waals surface area contributed by atoms with Gasteiger partial charge in [-0.05, 0) is 47.0 Å². The van der Waals surface area contributed by atoms with E-state index in [0.29, 0.717) is 0 Å². The second-order valence-electron chi connectivity index (χ2n) is 9.37. The van der Waals surface area contributed by atoms with Gasteiger partial charge in [0.05, 0.1) is 0 Å². The van der Waals surface area contributed by atoms with Crippen molar-refractivity contribution < 1.29 is 21.8 Å². The molecule has 0 radical (unpaired) electrons. The molecule has 2 aromatic heterocycles. The number of aryl methyl sites for hydroxylation is 1. The van der Waals surface area contributed by atoms with Crippen LogP contribution in [0.5, 0.6) is 0 Å². The Morgan fingerprint density at radius 2 is 1.00 bits per heavy atom. The number of pyridine rings is 1. The number of nitrogens with zero attached hydrogens (tertiary/aromatic N) is 1. The molecule has 0 saturated heterocycles. The number of para-hydroxylation sites is 1. The van der Waals surface area contributed by atoms with Crippen LogP contribution in [-0.4, -0.2) is 12.2 Å². The van der Waals surface area contributed by atoms with Crippen LogP contribution >= 0.6 is 0 Å². The van der Waals surface area contributed by atoms with E-state index in [9.17, 15) is 17.3 Å². The zero-order chi connectivity index (χ0) is 28.0. The minimum atomic E-state index is -6.00. The molecule has 0 atom stereocenters. The summed E-state index contributed by atoms with van der Waals surface area (Å²) < 4.78 is 41.5. The number of hydrogen-bond donors (Lipinski definition) is 1. The van der Waals surface area contributed by atoms with Crippen molar-refractivity contribution in [3.8, 4) is 33.6 Å². The van der Waals surface area contributed by atoms with Crippen molar-refractivity contribution in [1.29, 1.82) is 0 Å². The van der Waals surface area contributed by atoms with Gasteiger partial charge in [0, 0.05) is 46.8 Å². The summed E-state index contributed by atoms with van der Waals surface area (Å²) in [6.07, 6.45) is 3.10. The van der Waals surface area contributed by atoms with Crippen molar-refractivity contribution in [2.45, 2.75) is 13.0 Å². The summed E-state index contributed by atoms with van der Waals surface area (Å²) in [5.41, 5.74) is 9.90. The standard InChI is InChI=1S/C33H27N2.BF4/c1-4-12-25(13-5-1)29-22-32(26-14-6-2-7-15-26)35(33(23-29)27-16-8-3-9-17-27)21-20-28-24-34-31-19-11-10-18-30(28)31;2-1(3,4)5/h1-19,22-24,34H,20-21H2;/q+1;-1. The third-order valence-electron chi connectivity index (χ3n) is 6.69. The van der Waals surface area contributed by atoms with Gasteiger partial charge in [-0.3, -0.25) is 0 Å². The van der Waals surface area contributed by atoms with E-state index in [0.717, 1.165) is 13.0 Å². The summed E-state index contributed by atoms with van der Waals surface area (Å²) >= 11 is 0. The summed E-state index contributed by atoms with van der Waals surface area (Å²) in [4.78, 5) is 3.44. The van der Waals surface area contributed by atoms with Gasteiger partial charge in [-0.1, -0.05) is 84.9 Å². The van der Waals surface area contributed by atoms with Crippen LogP contribution < -0.4 is 4.57 Å². The van der Waals surface area contributed by atoms with Crippen molar-refractivity contribution in [3.05, 3.63) is 139 Å². The molecule has 0 aliphatic heterocycles. The van der Waals surface area contributed by atoms with Crippen LogP contribution in [0.4, 0.5) is 17.3 Å². The first-order valence-electron chi connectivity index (χ1n) is 13.0. The molecule has 0 aliphatic rings. The number of aromatic amines is 1. The van der Waals surface area contributed by atoms with E-state index < -0.39 is 7.25 Å². The van der Waals surface area contributed by atoms with Crippen LogP contribution in [-0.2, 0) is 13.0 Å². The van der Waals surface area contributed by atoms with Gasteiger partial charge in [-0.25, -0.2) is 0 Å². The molecule has 0 spiro atoms. The highest BCUT2D eigenvalue weighted by molar-refractivity contribution is 6.50. The molecule has 2 nitrogen and oxygen atoms in total. The molecular formula is C33H27BF4N2. The third kappa shape index (κ3) is 6.67. The zero-order valence-corrected chi connectivity index (χ0v) is 21.7. The number of aromatic nitrogens is 2. The van der Waals surface area contributed by atoms with Crippen LogP contribution in [0, 0.1) is 0 Å². The number of nitrogens with one attached hydrogen (secondary N) is 1. The number of benzene rings is 4. The molecule has 40 heavy (non-hydrogen) atoms. The van der Waals surface area contributed by atoms with Gasteiger partial charge < -0.3 is 22.2 Å².